The lowest BCUT2D eigenvalue weighted by molar-refractivity contribution is 0.0694. The highest BCUT2D eigenvalue weighted by atomic mass is 32.1. The minimum Gasteiger partial charge on any atom is -0.507 e. The summed E-state index contributed by atoms with van der Waals surface area (Å²) in [5, 5.41) is 25.3. The fraction of sp³-hybridized carbons (Fsp3) is 0. The van der Waals surface area contributed by atoms with Crippen molar-refractivity contribution in [3.8, 4) is 5.75 Å². The summed E-state index contributed by atoms with van der Waals surface area (Å²) in [5.41, 5.74) is 0.0439. The van der Waals surface area contributed by atoms with Crippen LogP contribution in [0, 0.1) is 0 Å². The summed E-state index contributed by atoms with van der Waals surface area (Å²) in [6.07, 6.45) is 1.55. The van der Waals surface area contributed by atoms with Gasteiger partial charge >= 0.3 is 12.0 Å². The third-order valence-electron chi connectivity index (χ3n) is 2.14. The number of carboxylic acid groups (broad SMARTS) is 1. The summed E-state index contributed by atoms with van der Waals surface area (Å²) in [6, 6.07) is 3.21. The summed E-state index contributed by atoms with van der Waals surface area (Å²) >= 11 is 1.26. The summed E-state index contributed by atoms with van der Waals surface area (Å²) in [5.74, 6) is -1.66. The second kappa shape index (κ2) is 5.36. The van der Waals surface area contributed by atoms with Gasteiger partial charge in [0.05, 0.1) is 0 Å². The zero-order valence-corrected chi connectivity index (χ0v) is 10.3. The fourth-order valence-electron chi connectivity index (χ4n) is 1.33. The number of aromatic nitrogens is 1. The summed E-state index contributed by atoms with van der Waals surface area (Å²) in [4.78, 5) is 26.1. The van der Waals surface area contributed by atoms with Gasteiger partial charge in [0.25, 0.3) is 0 Å². The third-order valence-corrected chi connectivity index (χ3v) is 2.83. The number of benzene rings is 1. The Morgan fingerprint density at radius 1 is 1.26 bits per heavy atom. The van der Waals surface area contributed by atoms with Gasteiger partial charge in [-0.1, -0.05) is 0 Å². The molecule has 0 radical (unpaired) electrons. The van der Waals surface area contributed by atoms with Crippen LogP contribution >= 0.6 is 11.3 Å². The van der Waals surface area contributed by atoms with Crippen molar-refractivity contribution in [1.82, 2.24) is 4.98 Å². The van der Waals surface area contributed by atoms with Crippen LogP contribution in [0.1, 0.15) is 10.4 Å². The number of thiazole rings is 1. The Bertz CT molecular complexity index is 612. The molecule has 19 heavy (non-hydrogen) atoms. The van der Waals surface area contributed by atoms with E-state index in [0.29, 0.717) is 5.13 Å². The van der Waals surface area contributed by atoms with Crippen molar-refractivity contribution in [1.29, 1.82) is 0 Å². The fourth-order valence-corrected chi connectivity index (χ4v) is 1.86. The highest BCUT2D eigenvalue weighted by Gasteiger charge is 2.11. The molecule has 0 bridgehead atoms. The second-order valence-corrected chi connectivity index (χ2v) is 4.35. The van der Waals surface area contributed by atoms with Crippen LogP contribution in [-0.2, 0) is 0 Å². The van der Waals surface area contributed by atoms with Gasteiger partial charge in [-0.3, -0.25) is 5.32 Å². The average molecular weight is 279 g/mol. The Morgan fingerprint density at radius 3 is 2.63 bits per heavy atom. The lowest BCUT2D eigenvalue weighted by Gasteiger charge is -2.07. The van der Waals surface area contributed by atoms with Gasteiger partial charge in [-0.05, 0) is 12.1 Å². The number of nitrogens with zero attached hydrogens (tertiary/aromatic N) is 1. The number of aromatic hydroxyl groups is 1. The van der Waals surface area contributed by atoms with Crippen molar-refractivity contribution in [2.75, 3.05) is 10.6 Å². The summed E-state index contributed by atoms with van der Waals surface area (Å²) in [7, 11) is 0. The molecule has 0 saturated heterocycles. The van der Waals surface area contributed by atoms with E-state index in [1.54, 1.807) is 11.6 Å². The number of carboxylic acids is 1. The van der Waals surface area contributed by atoms with E-state index in [-0.39, 0.29) is 11.3 Å². The van der Waals surface area contributed by atoms with Crippen molar-refractivity contribution in [2.45, 2.75) is 0 Å². The van der Waals surface area contributed by atoms with Crippen LogP contribution in [0.15, 0.2) is 29.8 Å². The van der Waals surface area contributed by atoms with Gasteiger partial charge in [-0.2, -0.15) is 0 Å². The van der Waals surface area contributed by atoms with Gasteiger partial charge < -0.3 is 15.5 Å². The topological polar surface area (TPSA) is 112 Å². The lowest BCUT2D eigenvalue weighted by Crippen LogP contribution is -2.19. The van der Waals surface area contributed by atoms with Gasteiger partial charge in [0.1, 0.15) is 11.3 Å². The van der Waals surface area contributed by atoms with E-state index in [1.807, 2.05) is 0 Å². The molecular formula is C11H9N3O4S. The first-order chi connectivity index (χ1) is 9.06. The van der Waals surface area contributed by atoms with E-state index in [4.69, 9.17) is 5.11 Å². The number of anilines is 2. The van der Waals surface area contributed by atoms with E-state index in [1.165, 1.54) is 23.5 Å². The molecule has 0 unspecified atom stereocenters. The highest BCUT2D eigenvalue weighted by molar-refractivity contribution is 7.13. The minimum absolute atomic E-state index is 0.231. The average Bonchev–Trinajstić information content (AvgIpc) is 2.81. The van der Waals surface area contributed by atoms with Crippen LogP contribution in [0.25, 0.3) is 0 Å². The molecule has 0 aliphatic carbocycles. The number of rotatable bonds is 3. The molecule has 1 aromatic heterocycles. The number of aromatic carboxylic acids is 1. The lowest BCUT2D eigenvalue weighted by atomic mass is 10.2. The molecule has 0 spiro atoms. The Morgan fingerprint density at radius 2 is 2.05 bits per heavy atom. The minimum atomic E-state index is -1.24. The van der Waals surface area contributed by atoms with Crippen LogP contribution in [0.5, 0.6) is 5.75 Å². The zero-order chi connectivity index (χ0) is 13.8. The Balaban J connectivity index is 2.05. The molecule has 8 heteroatoms. The van der Waals surface area contributed by atoms with Gasteiger partial charge in [0, 0.05) is 23.3 Å². The van der Waals surface area contributed by atoms with E-state index in [2.05, 4.69) is 15.6 Å². The Hall–Kier alpha value is -2.61. The molecule has 1 aromatic carbocycles. The molecule has 0 aliphatic rings. The Kier molecular flexibility index (Phi) is 3.62. The first-order valence-electron chi connectivity index (χ1n) is 5.10. The number of urea groups is 1. The maximum atomic E-state index is 11.6. The normalized spacial score (nSPS) is 9.89. The summed E-state index contributed by atoms with van der Waals surface area (Å²) < 4.78 is 0. The molecule has 0 fully saturated rings. The first-order valence-corrected chi connectivity index (χ1v) is 5.98. The zero-order valence-electron chi connectivity index (χ0n) is 9.45. The maximum absolute atomic E-state index is 11.6. The van der Waals surface area contributed by atoms with Crippen molar-refractivity contribution < 1.29 is 19.8 Å². The monoisotopic (exact) mass is 279 g/mol. The van der Waals surface area contributed by atoms with E-state index in [0.717, 1.165) is 6.07 Å². The molecule has 2 aromatic rings. The van der Waals surface area contributed by atoms with Crippen molar-refractivity contribution >= 4 is 34.2 Å². The first kappa shape index (κ1) is 12.8. The number of carbonyl (C=O) groups excluding carboxylic acids is 1. The van der Waals surface area contributed by atoms with Gasteiger partial charge in [-0.15, -0.1) is 11.3 Å². The standard InChI is InChI=1S/C11H9N3O4S/c15-8-5-6(1-2-7(8)9(16)17)13-10(18)14-11-12-3-4-19-11/h1-5,15H,(H,16,17)(H2,12,13,14,18). The third kappa shape index (κ3) is 3.19. The number of carbonyl (C=O) groups is 2. The number of hydrogen-bond donors (Lipinski definition) is 4. The molecule has 0 saturated carbocycles. The van der Waals surface area contributed by atoms with Crippen LogP contribution in [0.3, 0.4) is 0 Å². The molecule has 2 amide bonds. The van der Waals surface area contributed by atoms with Crippen molar-refractivity contribution in [3.05, 3.63) is 35.3 Å². The number of nitrogens with one attached hydrogen (secondary N) is 2. The van der Waals surface area contributed by atoms with E-state index >= 15 is 0 Å². The van der Waals surface area contributed by atoms with Crippen molar-refractivity contribution in [3.63, 3.8) is 0 Å². The van der Waals surface area contributed by atoms with Crippen LogP contribution in [-0.4, -0.2) is 27.2 Å². The highest BCUT2D eigenvalue weighted by Crippen LogP contribution is 2.22. The molecule has 98 valence electrons. The van der Waals surface area contributed by atoms with Gasteiger partial charge in [-0.25, -0.2) is 14.6 Å². The van der Waals surface area contributed by atoms with E-state index in [9.17, 15) is 14.7 Å². The molecule has 0 atom stereocenters. The summed E-state index contributed by atoms with van der Waals surface area (Å²) in [6.45, 7) is 0. The second-order valence-electron chi connectivity index (χ2n) is 3.45. The predicted molar refractivity (Wildman–Crippen MR) is 69.8 cm³/mol. The SMILES string of the molecule is O=C(Nc1ccc(C(=O)O)c(O)c1)Nc1nccs1. The largest absolute Gasteiger partial charge is 0.507 e. The maximum Gasteiger partial charge on any atom is 0.339 e. The van der Waals surface area contributed by atoms with Gasteiger partial charge in [0.2, 0.25) is 0 Å². The van der Waals surface area contributed by atoms with Crippen LogP contribution in [0.2, 0.25) is 0 Å². The molecule has 2 rings (SSSR count). The smallest absolute Gasteiger partial charge is 0.339 e. The quantitative estimate of drug-likeness (QED) is 0.688. The molecule has 4 N–H and O–H groups in total. The Labute approximate surface area is 111 Å². The molecular weight excluding hydrogens is 270 g/mol. The van der Waals surface area contributed by atoms with Gasteiger partial charge in [0.15, 0.2) is 5.13 Å². The van der Waals surface area contributed by atoms with E-state index < -0.39 is 17.7 Å². The van der Waals surface area contributed by atoms with Crippen LogP contribution < -0.4 is 10.6 Å². The predicted octanol–water partition coefficient (Wildman–Crippen LogP) is 2.19. The van der Waals surface area contributed by atoms with Crippen molar-refractivity contribution in [2.24, 2.45) is 0 Å². The molecule has 7 nitrogen and oxygen atoms in total. The molecule has 0 aliphatic heterocycles. The number of hydrogen-bond acceptors (Lipinski definition) is 5. The molecule has 1 heterocycles. The number of phenols is 1. The van der Waals surface area contributed by atoms with Crippen LogP contribution in [0.4, 0.5) is 15.6 Å². The number of amides is 2.